The van der Waals surface area contributed by atoms with Gasteiger partial charge < -0.3 is 10.4 Å². The molecule has 1 heterocycles. The molecular weight excluding hydrogens is 228 g/mol. The van der Waals surface area contributed by atoms with Gasteiger partial charge in [-0.25, -0.2) is 4.79 Å². The number of aromatic carboxylic acids is 1. The number of carbonyl (C=O) groups is 1. The van der Waals surface area contributed by atoms with Gasteiger partial charge in [-0.05, 0) is 36.8 Å². The van der Waals surface area contributed by atoms with E-state index in [2.05, 4.69) is 10.3 Å². The largest absolute Gasteiger partial charge is 0.478 e. The maximum absolute atomic E-state index is 10.9. The lowest BCUT2D eigenvalue weighted by Crippen LogP contribution is -2.07. The first-order chi connectivity index (χ1) is 8.66. The van der Waals surface area contributed by atoms with E-state index in [1.54, 1.807) is 30.6 Å². The van der Waals surface area contributed by atoms with Crippen LogP contribution in [0.3, 0.4) is 0 Å². The molecular formula is C14H14N2O2. The summed E-state index contributed by atoms with van der Waals surface area (Å²) in [5.74, 6) is -0.923. The van der Waals surface area contributed by atoms with Gasteiger partial charge in [-0.2, -0.15) is 0 Å². The summed E-state index contributed by atoms with van der Waals surface area (Å²) in [7, 11) is 0. The van der Waals surface area contributed by atoms with Crippen LogP contribution in [-0.4, -0.2) is 16.1 Å². The van der Waals surface area contributed by atoms with Gasteiger partial charge in [-0.3, -0.25) is 4.98 Å². The molecule has 0 aliphatic carbocycles. The number of carboxylic acid groups (broad SMARTS) is 1. The molecule has 1 aromatic heterocycles. The molecule has 0 aliphatic rings. The SMILES string of the molecule is CC(Nc1cccc(C(=O)O)c1)c1cccnc1. The summed E-state index contributed by atoms with van der Waals surface area (Å²) in [6.07, 6.45) is 3.51. The van der Waals surface area contributed by atoms with Gasteiger partial charge in [-0.15, -0.1) is 0 Å². The van der Waals surface area contributed by atoms with Crippen molar-refractivity contribution in [2.24, 2.45) is 0 Å². The maximum Gasteiger partial charge on any atom is 0.335 e. The van der Waals surface area contributed by atoms with Crippen molar-refractivity contribution in [2.75, 3.05) is 5.32 Å². The number of nitrogens with one attached hydrogen (secondary N) is 1. The Labute approximate surface area is 105 Å². The Morgan fingerprint density at radius 3 is 2.83 bits per heavy atom. The molecule has 4 nitrogen and oxygen atoms in total. The highest BCUT2D eigenvalue weighted by Crippen LogP contribution is 2.19. The normalized spacial score (nSPS) is 11.8. The minimum absolute atomic E-state index is 0.0720. The number of hydrogen-bond donors (Lipinski definition) is 2. The quantitative estimate of drug-likeness (QED) is 0.865. The maximum atomic E-state index is 10.9. The minimum Gasteiger partial charge on any atom is -0.478 e. The summed E-state index contributed by atoms with van der Waals surface area (Å²) < 4.78 is 0. The van der Waals surface area contributed by atoms with Crippen LogP contribution in [0.15, 0.2) is 48.8 Å². The molecule has 0 saturated heterocycles. The second-order valence-corrected chi connectivity index (χ2v) is 4.04. The van der Waals surface area contributed by atoms with Gasteiger partial charge in [0.1, 0.15) is 0 Å². The third-order valence-electron chi connectivity index (χ3n) is 2.68. The van der Waals surface area contributed by atoms with Crippen LogP contribution >= 0.6 is 0 Å². The summed E-state index contributed by atoms with van der Waals surface area (Å²) in [6, 6.07) is 10.7. The topological polar surface area (TPSA) is 62.2 Å². The zero-order chi connectivity index (χ0) is 13.0. The second-order valence-electron chi connectivity index (χ2n) is 4.04. The molecule has 2 aromatic rings. The molecule has 0 saturated carbocycles. The minimum atomic E-state index is -0.923. The molecule has 92 valence electrons. The molecule has 4 heteroatoms. The molecule has 18 heavy (non-hydrogen) atoms. The highest BCUT2D eigenvalue weighted by Gasteiger charge is 2.07. The molecule has 1 unspecified atom stereocenters. The number of nitrogens with zero attached hydrogens (tertiary/aromatic N) is 1. The number of benzene rings is 1. The van der Waals surface area contributed by atoms with Crippen molar-refractivity contribution in [3.8, 4) is 0 Å². The number of aromatic nitrogens is 1. The highest BCUT2D eigenvalue weighted by molar-refractivity contribution is 5.88. The van der Waals surface area contributed by atoms with Gasteiger partial charge >= 0.3 is 5.97 Å². The van der Waals surface area contributed by atoms with Crippen molar-refractivity contribution in [1.82, 2.24) is 4.98 Å². The van der Waals surface area contributed by atoms with Crippen molar-refractivity contribution in [3.63, 3.8) is 0 Å². The van der Waals surface area contributed by atoms with Crippen molar-refractivity contribution in [3.05, 3.63) is 59.9 Å². The number of carboxylic acids is 1. The lowest BCUT2D eigenvalue weighted by molar-refractivity contribution is 0.0697. The van der Waals surface area contributed by atoms with Crippen LogP contribution in [0.25, 0.3) is 0 Å². The van der Waals surface area contributed by atoms with Gasteiger partial charge in [0, 0.05) is 18.1 Å². The van der Waals surface area contributed by atoms with Gasteiger partial charge in [-0.1, -0.05) is 12.1 Å². The van der Waals surface area contributed by atoms with E-state index >= 15 is 0 Å². The number of anilines is 1. The number of hydrogen-bond acceptors (Lipinski definition) is 3. The molecule has 1 aromatic carbocycles. The lowest BCUT2D eigenvalue weighted by atomic mass is 10.1. The van der Waals surface area contributed by atoms with E-state index in [0.717, 1.165) is 11.3 Å². The first-order valence-corrected chi connectivity index (χ1v) is 5.66. The van der Waals surface area contributed by atoms with Crippen LogP contribution in [0.5, 0.6) is 0 Å². The van der Waals surface area contributed by atoms with E-state index in [-0.39, 0.29) is 11.6 Å². The summed E-state index contributed by atoms with van der Waals surface area (Å²) >= 11 is 0. The van der Waals surface area contributed by atoms with Gasteiger partial charge in [0.2, 0.25) is 0 Å². The molecule has 2 rings (SSSR count). The zero-order valence-corrected chi connectivity index (χ0v) is 10.00. The van der Waals surface area contributed by atoms with E-state index < -0.39 is 5.97 Å². The summed E-state index contributed by atoms with van der Waals surface area (Å²) in [5, 5.41) is 12.2. The monoisotopic (exact) mass is 242 g/mol. The van der Waals surface area contributed by atoms with Crippen LogP contribution in [0, 0.1) is 0 Å². The van der Waals surface area contributed by atoms with E-state index in [4.69, 9.17) is 5.11 Å². The van der Waals surface area contributed by atoms with Crippen LogP contribution < -0.4 is 5.32 Å². The average molecular weight is 242 g/mol. The first-order valence-electron chi connectivity index (χ1n) is 5.66. The van der Waals surface area contributed by atoms with Crippen molar-refractivity contribution < 1.29 is 9.90 Å². The fraction of sp³-hybridized carbons (Fsp3) is 0.143. The molecule has 1 atom stereocenters. The Bertz CT molecular complexity index is 541. The Morgan fingerprint density at radius 1 is 1.33 bits per heavy atom. The lowest BCUT2D eigenvalue weighted by Gasteiger charge is -2.15. The first kappa shape index (κ1) is 12.1. The molecule has 0 fully saturated rings. The highest BCUT2D eigenvalue weighted by atomic mass is 16.4. The molecule has 0 radical (unpaired) electrons. The summed E-state index contributed by atoms with van der Waals surface area (Å²) in [6.45, 7) is 2.00. The second kappa shape index (κ2) is 5.31. The van der Waals surface area contributed by atoms with E-state index in [1.165, 1.54) is 0 Å². The Kier molecular flexibility index (Phi) is 3.57. The van der Waals surface area contributed by atoms with Crippen LogP contribution in [-0.2, 0) is 0 Å². The van der Waals surface area contributed by atoms with Crippen molar-refractivity contribution >= 4 is 11.7 Å². The van der Waals surface area contributed by atoms with Gasteiger partial charge in [0.15, 0.2) is 0 Å². The van der Waals surface area contributed by atoms with Gasteiger partial charge in [0.25, 0.3) is 0 Å². The van der Waals surface area contributed by atoms with E-state index in [0.29, 0.717) is 0 Å². The van der Waals surface area contributed by atoms with Crippen molar-refractivity contribution in [2.45, 2.75) is 13.0 Å². The van der Waals surface area contributed by atoms with Gasteiger partial charge in [0.05, 0.1) is 11.6 Å². The molecule has 0 aliphatic heterocycles. The van der Waals surface area contributed by atoms with Crippen LogP contribution in [0.2, 0.25) is 0 Å². The van der Waals surface area contributed by atoms with E-state index in [9.17, 15) is 4.79 Å². The summed E-state index contributed by atoms with van der Waals surface area (Å²) in [4.78, 5) is 14.9. The molecule has 0 amide bonds. The van der Waals surface area contributed by atoms with Crippen LogP contribution in [0.1, 0.15) is 28.9 Å². The Hall–Kier alpha value is -2.36. The van der Waals surface area contributed by atoms with Crippen molar-refractivity contribution in [1.29, 1.82) is 0 Å². The fourth-order valence-corrected chi connectivity index (χ4v) is 1.71. The standard InChI is InChI=1S/C14H14N2O2/c1-10(12-5-3-7-15-9-12)16-13-6-2-4-11(8-13)14(17)18/h2-10,16H,1H3,(H,17,18). The van der Waals surface area contributed by atoms with Crippen LogP contribution in [0.4, 0.5) is 5.69 Å². The fourth-order valence-electron chi connectivity index (χ4n) is 1.71. The van der Waals surface area contributed by atoms with E-state index in [1.807, 2.05) is 25.1 Å². The third-order valence-corrected chi connectivity index (χ3v) is 2.68. The number of rotatable bonds is 4. The smallest absolute Gasteiger partial charge is 0.335 e. The molecule has 0 spiro atoms. The number of pyridine rings is 1. The zero-order valence-electron chi connectivity index (χ0n) is 10.00. The predicted octanol–water partition coefficient (Wildman–Crippen LogP) is 2.95. The molecule has 0 bridgehead atoms. The molecule has 2 N–H and O–H groups in total. The predicted molar refractivity (Wildman–Crippen MR) is 69.7 cm³/mol. The Morgan fingerprint density at radius 2 is 2.17 bits per heavy atom. The summed E-state index contributed by atoms with van der Waals surface area (Å²) in [5.41, 5.74) is 2.11. The Balaban J connectivity index is 2.14. The average Bonchev–Trinajstić information content (AvgIpc) is 2.40. The third kappa shape index (κ3) is 2.85.